The molecule has 35 heavy (non-hydrogen) atoms. The molecule has 0 spiro atoms. The second-order valence-electron chi connectivity index (χ2n) is 8.80. The average molecular weight is 558 g/mol. The lowest BCUT2D eigenvalue weighted by Gasteiger charge is -2.30. The number of imidazole rings is 1. The van der Waals surface area contributed by atoms with Crippen LogP contribution in [-0.2, 0) is 16.9 Å². The summed E-state index contributed by atoms with van der Waals surface area (Å²) >= 11 is 3.52. The quantitative estimate of drug-likeness (QED) is 0.286. The molecule has 1 N–H and O–H groups in total. The van der Waals surface area contributed by atoms with Gasteiger partial charge in [0.15, 0.2) is 9.84 Å². The first-order valence-electron chi connectivity index (χ1n) is 11.2. The minimum absolute atomic E-state index is 0.0653. The zero-order valence-corrected chi connectivity index (χ0v) is 23.0. The van der Waals surface area contributed by atoms with Gasteiger partial charge in [-0.1, -0.05) is 28.1 Å². The number of hydrogen-bond donors (Lipinski definition) is 1. The molecule has 0 saturated heterocycles. The van der Waals surface area contributed by atoms with Crippen LogP contribution >= 0.6 is 15.9 Å². The van der Waals surface area contributed by atoms with E-state index in [1.165, 1.54) is 6.26 Å². The number of rotatable bonds is 7. The van der Waals surface area contributed by atoms with Crippen LogP contribution in [0.4, 0.5) is 23.0 Å². The van der Waals surface area contributed by atoms with Gasteiger partial charge in [-0.15, -0.1) is 0 Å². The molecule has 1 heterocycles. The van der Waals surface area contributed by atoms with Gasteiger partial charge in [-0.05, 0) is 68.8 Å². The monoisotopic (exact) mass is 556 g/mol. The van der Waals surface area contributed by atoms with Gasteiger partial charge in [0.2, 0.25) is 5.95 Å². The number of aromatic nitrogens is 2. The second kappa shape index (κ2) is 9.54. The fourth-order valence-electron chi connectivity index (χ4n) is 4.28. The number of halogens is 1. The van der Waals surface area contributed by atoms with Crippen molar-refractivity contribution >= 4 is 59.8 Å². The summed E-state index contributed by atoms with van der Waals surface area (Å²) in [5, 5.41) is 3.45. The molecular formula is C26H29BrN4O3S. The van der Waals surface area contributed by atoms with Gasteiger partial charge in [-0.2, -0.15) is 0 Å². The Morgan fingerprint density at radius 1 is 1.11 bits per heavy atom. The van der Waals surface area contributed by atoms with Crippen molar-refractivity contribution in [3.8, 4) is 5.75 Å². The summed E-state index contributed by atoms with van der Waals surface area (Å²) in [6.07, 6.45) is 1.23. The van der Waals surface area contributed by atoms with Crippen molar-refractivity contribution in [3.63, 3.8) is 0 Å². The third-order valence-electron chi connectivity index (χ3n) is 5.89. The summed E-state index contributed by atoms with van der Waals surface area (Å²) in [4.78, 5) is 7.28. The van der Waals surface area contributed by atoms with Crippen LogP contribution in [0.5, 0.6) is 5.75 Å². The van der Waals surface area contributed by atoms with Crippen LogP contribution in [0, 0.1) is 6.92 Å². The van der Waals surface area contributed by atoms with E-state index in [4.69, 9.17) is 9.72 Å². The third kappa shape index (κ3) is 4.88. The van der Waals surface area contributed by atoms with Crippen LogP contribution in [0.2, 0.25) is 0 Å². The Labute approximate surface area is 214 Å². The Balaban J connectivity index is 1.86. The van der Waals surface area contributed by atoms with Crippen LogP contribution < -0.4 is 15.0 Å². The Bertz CT molecular complexity index is 1510. The first-order valence-corrected chi connectivity index (χ1v) is 13.9. The van der Waals surface area contributed by atoms with E-state index in [9.17, 15) is 8.42 Å². The smallest absolute Gasteiger partial charge is 0.208 e. The number of anilines is 4. The highest BCUT2D eigenvalue weighted by Crippen LogP contribution is 2.38. The van der Waals surface area contributed by atoms with Crippen LogP contribution in [0.1, 0.15) is 19.4 Å². The molecule has 9 heteroatoms. The van der Waals surface area contributed by atoms with Crippen molar-refractivity contribution in [2.45, 2.75) is 31.7 Å². The minimum atomic E-state index is -3.33. The molecule has 0 aliphatic rings. The maximum atomic E-state index is 12.2. The minimum Gasteiger partial charge on any atom is -0.495 e. The Kier molecular flexibility index (Phi) is 6.83. The number of fused-ring (bicyclic) bond motifs is 1. The van der Waals surface area contributed by atoms with E-state index >= 15 is 0 Å². The van der Waals surface area contributed by atoms with Crippen molar-refractivity contribution in [2.75, 3.05) is 23.6 Å². The second-order valence-corrected chi connectivity index (χ2v) is 11.7. The summed E-state index contributed by atoms with van der Waals surface area (Å²) < 4.78 is 33.0. The first kappa shape index (κ1) is 25.1. The van der Waals surface area contributed by atoms with Gasteiger partial charge in [-0.25, -0.2) is 13.4 Å². The molecular weight excluding hydrogens is 528 g/mol. The highest BCUT2D eigenvalue weighted by molar-refractivity contribution is 9.10. The summed E-state index contributed by atoms with van der Waals surface area (Å²) in [6.45, 7) is 6.17. The Morgan fingerprint density at radius 3 is 2.49 bits per heavy atom. The van der Waals surface area contributed by atoms with Crippen molar-refractivity contribution in [1.29, 1.82) is 0 Å². The molecule has 4 aromatic rings. The zero-order valence-electron chi connectivity index (χ0n) is 20.6. The van der Waals surface area contributed by atoms with Gasteiger partial charge in [-0.3, -0.25) is 0 Å². The SMILES string of the molecule is COc1cc(Br)cc(C)c1Nc1nc2cccc(N(c3cccc(S(C)(=O)=O)c3)C(C)C)c2n1C. The van der Waals surface area contributed by atoms with E-state index in [1.807, 2.05) is 54.9 Å². The molecule has 0 unspecified atom stereocenters. The van der Waals surface area contributed by atoms with Gasteiger partial charge in [0.25, 0.3) is 0 Å². The third-order valence-corrected chi connectivity index (χ3v) is 7.46. The van der Waals surface area contributed by atoms with Gasteiger partial charge < -0.3 is 19.5 Å². The fraction of sp³-hybridized carbons (Fsp3) is 0.269. The average Bonchev–Trinajstić information content (AvgIpc) is 3.11. The van der Waals surface area contributed by atoms with Crippen molar-refractivity contribution in [1.82, 2.24) is 9.55 Å². The van der Waals surface area contributed by atoms with Gasteiger partial charge in [0, 0.05) is 29.5 Å². The normalized spacial score (nSPS) is 11.8. The molecule has 0 aliphatic heterocycles. The molecule has 1 aromatic heterocycles. The number of benzene rings is 3. The van der Waals surface area contributed by atoms with E-state index in [-0.39, 0.29) is 10.9 Å². The van der Waals surface area contributed by atoms with Gasteiger partial charge in [0.05, 0.1) is 34.4 Å². The van der Waals surface area contributed by atoms with Crippen molar-refractivity contribution in [3.05, 3.63) is 64.6 Å². The predicted molar refractivity (Wildman–Crippen MR) is 146 cm³/mol. The van der Waals surface area contributed by atoms with Gasteiger partial charge in [0.1, 0.15) is 5.75 Å². The summed E-state index contributed by atoms with van der Waals surface area (Å²) in [7, 11) is 0.278. The highest BCUT2D eigenvalue weighted by atomic mass is 79.9. The van der Waals surface area contributed by atoms with Crippen LogP contribution in [0.3, 0.4) is 0 Å². The maximum Gasteiger partial charge on any atom is 0.208 e. The zero-order chi connectivity index (χ0) is 25.5. The number of sulfone groups is 1. The topological polar surface area (TPSA) is 76.5 Å². The van der Waals surface area contributed by atoms with E-state index in [1.54, 1.807) is 25.3 Å². The molecule has 3 aromatic carbocycles. The number of aryl methyl sites for hydroxylation is 2. The largest absolute Gasteiger partial charge is 0.495 e. The molecule has 184 valence electrons. The molecule has 0 aliphatic carbocycles. The number of hydrogen-bond acceptors (Lipinski definition) is 6. The maximum absolute atomic E-state index is 12.2. The number of para-hydroxylation sites is 1. The highest BCUT2D eigenvalue weighted by Gasteiger charge is 2.22. The number of nitrogens with one attached hydrogen (secondary N) is 1. The number of methoxy groups -OCH3 is 1. The Morgan fingerprint density at radius 2 is 1.83 bits per heavy atom. The summed E-state index contributed by atoms with van der Waals surface area (Å²) in [5.41, 5.74) is 5.36. The molecule has 7 nitrogen and oxygen atoms in total. The summed E-state index contributed by atoms with van der Waals surface area (Å²) in [6, 6.07) is 17.0. The number of ether oxygens (including phenoxy) is 1. The molecule has 0 amide bonds. The first-order chi connectivity index (χ1) is 16.5. The predicted octanol–water partition coefficient (Wildman–Crippen LogP) is 6.35. The molecule has 4 rings (SSSR count). The van der Waals surface area contributed by atoms with Crippen LogP contribution in [-0.4, -0.2) is 37.4 Å². The van der Waals surface area contributed by atoms with E-state index < -0.39 is 9.84 Å². The van der Waals surface area contributed by atoms with Crippen molar-refractivity contribution in [2.24, 2.45) is 7.05 Å². The number of nitrogens with zero attached hydrogens (tertiary/aromatic N) is 3. The van der Waals surface area contributed by atoms with Crippen LogP contribution in [0.15, 0.2) is 64.0 Å². The van der Waals surface area contributed by atoms with E-state index in [0.29, 0.717) is 11.7 Å². The molecule has 0 atom stereocenters. The fourth-order valence-corrected chi connectivity index (χ4v) is 5.49. The van der Waals surface area contributed by atoms with Gasteiger partial charge >= 0.3 is 0 Å². The lowest BCUT2D eigenvalue weighted by atomic mass is 10.1. The van der Waals surface area contributed by atoms with E-state index in [2.05, 4.69) is 40.0 Å². The lowest BCUT2D eigenvalue weighted by molar-refractivity contribution is 0.416. The van der Waals surface area contributed by atoms with Crippen LogP contribution in [0.25, 0.3) is 11.0 Å². The molecule has 0 fully saturated rings. The summed E-state index contributed by atoms with van der Waals surface area (Å²) in [5.74, 6) is 1.38. The molecule has 0 bridgehead atoms. The van der Waals surface area contributed by atoms with Crippen molar-refractivity contribution < 1.29 is 13.2 Å². The van der Waals surface area contributed by atoms with E-state index in [0.717, 1.165) is 38.1 Å². The Hall–Kier alpha value is -3.04. The molecule has 0 radical (unpaired) electrons. The molecule has 0 saturated carbocycles. The standard InChI is InChI=1S/C26H29BrN4O3S/c1-16(2)31(19-9-7-10-20(15-19)35(6,32)33)22-12-8-11-21-25(22)30(4)26(28-21)29-24-17(3)13-18(27)14-23(24)34-5/h7-16H,1-6H3,(H,28,29). The lowest BCUT2D eigenvalue weighted by Crippen LogP contribution is -2.26.